The third-order valence-corrected chi connectivity index (χ3v) is 3.82. The summed E-state index contributed by atoms with van der Waals surface area (Å²) in [5, 5.41) is 25.0. The lowest BCUT2D eigenvalue weighted by molar-refractivity contribution is -0.384. The van der Waals surface area contributed by atoms with E-state index in [9.17, 15) is 20.0 Å². The molecule has 110 valence electrons. The molecule has 0 aliphatic heterocycles. The zero-order valence-electron chi connectivity index (χ0n) is 11.1. The molecule has 0 aliphatic rings. The number of thiophene rings is 1. The molecule has 0 spiro atoms. The van der Waals surface area contributed by atoms with Crippen LogP contribution < -0.4 is 5.32 Å². The zero-order chi connectivity index (χ0) is 15.2. The highest BCUT2D eigenvalue weighted by Crippen LogP contribution is 2.18. The molecule has 1 aromatic heterocycles. The number of hydrogen-bond donors (Lipinski definition) is 2. The number of nitro groups is 1. The summed E-state index contributed by atoms with van der Waals surface area (Å²) in [6, 6.07) is 9.57. The van der Waals surface area contributed by atoms with Crippen molar-refractivity contribution in [3.05, 3.63) is 62.3 Å². The summed E-state index contributed by atoms with van der Waals surface area (Å²) in [5.74, 6) is -0.286. The Hall–Kier alpha value is -2.25. The number of carbonyl (C=O) groups excluding carboxylic acids is 1. The van der Waals surface area contributed by atoms with E-state index in [1.54, 1.807) is 18.2 Å². The van der Waals surface area contributed by atoms with Gasteiger partial charge in [0.2, 0.25) is 5.91 Å². The molecule has 1 atom stereocenters. The van der Waals surface area contributed by atoms with Crippen molar-refractivity contribution in [1.82, 2.24) is 5.32 Å². The van der Waals surface area contributed by atoms with Crippen molar-refractivity contribution >= 4 is 22.9 Å². The van der Waals surface area contributed by atoms with Crippen LogP contribution in [0, 0.1) is 10.1 Å². The summed E-state index contributed by atoms with van der Waals surface area (Å²) in [6.45, 7) is 0.119. The van der Waals surface area contributed by atoms with Gasteiger partial charge in [0.15, 0.2) is 0 Å². The maximum Gasteiger partial charge on any atom is 0.269 e. The summed E-state index contributed by atoms with van der Waals surface area (Å²) < 4.78 is 0. The first kappa shape index (κ1) is 15.1. The Kier molecular flexibility index (Phi) is 5.02. The third kappa shape index (κ3) is 4.37. The minimum atomic E-state index is -0.737. The molecule has 2 N–H and O–H groups in total. The first-order chi connectivity index (χ1) is 10.1. The molecule has 0 bridgehead atoms. The summed E-state index contributed by atoms with van der Waals surface area (Å²) in [5.41, 5.74) is 0.520. The van der Waals surface area contributed by atoms with Crippen molar-refractivity contribution in [1.29, 1.82) is 0 Å². The van der Waals surface area contributed by atoms with Crippen LogP contribution in [0.5, 0.6) is 0 Å². The highest BCUT2D eigenvalue weighted by molar-refractivity contribution is 7.10. The molecule has 21 heavy (non-hydrogen) atoms. The Morgan fingerprint density at radius 3 is 2.86 bits per heavy atom. The Morgan fingerprint density at radius 2 is 2.19 bits per heavy atom. The Labute approximate surface area is 125 Å². The molecular formula is C14H14N2O4S. The van der Waals surface area contributed by atoms with Crippen LogP contribution in [0.3, 0.4) is 0 Å². The van der Waals surface area contributed by atoms with Crippen molar-refractivity contribution in [3.8, 4) is 0 Å². The number of aliphatic hydroxyl groups excluding tert-OH is 1. The summed E-state index contributed by atoms with van der Waals surface area (Å²) in [7, 11) is 0. The standard InChI is InChI=1S/C14H14N2O4S/c17-12(13-5-2-6-21-13)9-15-14(18)8-10-3-1-4-11(7-10)16(19)20/h1-7,12,17H,8-9H2,(H,15,18)/t12-/m0/s1. The highest BCUT2D eigenvalue weighted by atomic mass is 32.1. The van der Waals surface area contributed by atoms with Gasteiger partial charge in [0.1, 0.15) is 6.10 Å². The van der Waals surface area contributed by atoms with Crippen LogP contribution in [0.15, 0.2) is 41.8 Å². The number of benzene rings is 1. The number of rotatable bonds is 6. The largest absolute Gasteiger partial charge is 0.386 e. The Bertz CT molecular complexity index is 628. The average molecular weight is 306 g/mol. The summed E-state index contributed by atoms with van der Waals surface area (Å²) >= 11 is 1.42. The quantitative estimate of drug-likeness (QED) is 0.631. The molecule has 6 nitrogen and oxygen atoms in total. The Morgan fingerprint density at radius 1 is 1.38 bits per heavy atom. The summed E-state index contributed by atoms with van der Waals surface area (Å²) in [6.07, 6.45) is -0.696. The van der Waals surface area contributed by atoms with Gasteiger partial charge in [0.25, 0.3) is 5.69 Å². The fraction of sp³-hybridized carbons (Fsp3) is 0.214. The van der Waals surface area contributed by atoms with Gasteiger partial charge in [-0.15, -0.1) is 11.3 Å². The van der Waals surface area contributed by atoms with Crippen molar-refractivity contribution < 1.29 is 14.8 Å². The molecular weight excluding hydrogens is 292 g/mol. The van der Waals surface area contributed by atoms with Gasteiger partial charge < -0.3 is 10.4 Å². The van der Waals surface area contributed by atoms with Crippen LogP contribution in [0.2, 0.25) is 0 Å². The molecule has 2 rings (SSSR count). The van der Waals surface area contributed by atoms with Gasteiger partial charge >= 0.3 is 0 Å². The lowest BCUT2D eigenvalue weighted by Crippen LogP contribution is -2.29. The third-order valence-electron chi connectivity index (χ3n) is 2.85. The molecule has 0 unspecified atom stereocenters. The molecule has 0 aliphatic carbocycles. The molecule has 1 amide bonds. The van der Waals surface area contributed by atoms with E-state index in [-0.39, 0.29) is 24.6 Å². The first-order valence-electron chi connectivity index (χ1n) is 6.28. The Balaban J connectivity index is 1.87. The molecule has 0 fully saturated rings. The van der Waals surface area contributed by atoms with E-state index < -0.39 is 11.0 Å². The SMILES string of the molecule is O=C(Cc1cccc([N+](=O)[O-])c1)NC[C@H](O)c1cccs1. The number of non-ortho nitro benzene ring substituents is 1. The smallest absolute Gasteiger partial charge is 0.269 e. The minimum Gasteiger partial charge on any atom is -0.386 e. The van der Waals surface area contributed by atoms with Crippen molar-refractivity contribution in [2.45, 2.75) is 12.5 Å². The van der Waals surface area contributed by atoms with Crippen molar-refractivity contribution in [3.63, 3.8) is 0 Å². The molecule has 0 saturated heterocycles. The molecule has 0 radical (unpaired) electrons. The predicted molar refractivity (Wildman–Crippen MR) is 79.1 cm³/mol. The van der Waals surface area contributed by atoms with Crippen LogP contribution in [0.1, 0.15) is 16.5 Å². The number of aliphatic hydroxyl groups is 1. The molecule has 7 heteroatoms. The molecule has 0 saturated carbocycles. The fourth-order valence-electron chi connectivity index (χ4n) is 1.82. The number of nitrogens with zero attached hydrogens (tertiary/aromatic N) is 1. The van der Waals surface area contributed by atoms with Crippen LogP contribution in [-0.4, -0.2) is 22.5 Å². The lowest BCUT2D eigenvalue weighted by Gasteiger charge is -2.10. The van der Waals surface area contributed by atoms with Gasteiger partial charge in [-0.1, -0.05) is 18.2 Å². The topological polar surface area (TPSA) is 92.5 Å². The normalized spacial score (nSPS) is 11.9. The maximum atomic E-state index is 11.8. The van der Waals surface area contributed by atoms with E-state index in [1.807, 2.05) is 11.4 Å². The lowest BCUT2D eigenvalue weighted by atomic mass is 10.1. The van der Waals surface area contributed by atoms with E-state index in [4.69, 9.17) is 0 Å². The van der Waals surface area contributed by atoms with Crippen LogP contribution in [0.25, 0.3) is 0 Å². The number of hydrogen-bond acceptors (Lipinski definition) is 5. The van der Waals surface area contributed by atoms with Crippen LogP contribution in [-0.2, 0) is 11.2 Å². The van der Waals surface area contributed by atoms with Crippen molar-refractivity contribution in [2.75, 3.05) is 6.54 Å². The van der Waals surface area contributed by atoms with Gasteiger partial charge in [-0.25, -0.2) is 0 Å². The predicted octanol–water partition coefficient (Wildman–Crippen LogP) is 2.05. The molecule has 2 aromatic rings. The highest BCUT2D eigenvalue weighted by Gasteiger charge is 2.12. The number of carbonyl (C=O) groups is 1. The number of amides is 1. The van der Waals surface area contributed by atoms with Crippen LogP contribution >= 0.6 is 11.3 Å². The van der Waals surface area contributed by atoms with Gasteiger partial charge in [0.05, 0.1) is 11.3 Å². The van der Waals surface area contributed by atoms with E-state index in [1.165, 1.54) is 23.5 Å². The summed E-state index contributed by atoms with van der Waals surface area (Å²) in [4.78, 5) is 22.7. The minimum absolute atomic E-state index is 0.0405. The van der Waals surface area contributed by atoms with Gasteiger partial charge in [-0.2, -0.15) is 0 Å². The second kappa shape index (κ2) is 6.96. The maximum absolute atomic E-state index is 11.8. The number of nitro benzene ring substituents is 1. The van der Waals surface area contributed by atoms with Gasteiger partial charge in [-0.05, 0) is 17.0 Å². The fourth-order valence-corrected chi connectivity index (χ4v) is 2.53. The van der Waals surface area contributed by atoms with E-state index >= 15 is 0 Å². The second-order valence-electron chi connectivity index (χ2n) is 4.44. The zero-order valence-corrected chi connectivity index (χ0v) is 11.9. The first-order valence-corrected chi connectivity index (χ1v) is 7.15. The number of nitrogens with one attached hydrogen (secondary N) is 1. The van der Waals surface area contributed by atoms with E-state index in [0.717, 1.165) is 4.88 Å². The second-order valence-corrected chi connectivity index (χ2v) is 5.42. The van der Waals surface area contributed by atoms with Gasteiger partial charge in [-0.3, -0.25) is 14.9 Å². The monoisotopic (exact) mass is 306 g/mol. The van der Waals surface area contributed by atoms with E-state index in [2.05, 4.69) is 5.32 Å². The molecule has 1 aromatic carbocycles. The average Bonchev–Trinajstić information content (AvgIpc) is 2.99. The van der Waals surface area contributed by atoms with Crippen LogP contribution in [0.4, 0.5) is 5.69 Å². The molecule has 1 heterocycles. The van der Waals surface area contributed by atoms with Crippen molar-refractivity contribution in [2.24, 2.45) is 0 Å². The van der Waals surface area contributed by atoms with E-state index in [0.29, 0.717) is 5.56 Å². The van der Waals surface area contributed by atoms with Gasteiger partial charge in [0, 0.05) is 23.6 Å².